The maximum absolute atomic E-state index is 6.20. The zero-order valence-electron chi connectivity index (χ0n) is 16.0. The molecule has 0 amide bonds. The Morgan fingerprint density at radius 2 is 1.85 bits per heavy atom. The zero-order valence-corrected chi connectivity index (χ0v) is 16.0. The Labute approximate surface area is 157 Å². The topological polar surface area (TPSA) is 28.6 Å². The number of hydrogen-bond donors (Lipinski definition) is 0. The number of rotatable bonds is 8. The van der Waals surface area contributed by atoms with E-state index in [0.717, 1.165) is 18.4 Å². The lowest BCUT2D eigenvalue weighted by Gasteiger charge is -2.30. The van der Waals surface area contributed by atoms with E-state index in [2.05, 4.69) is 20.9 Å². The first-order valence-corrected chi connectivity index (χ1v) is 10.7. The summed E-state index contributed by atoms with van der Waals surface area (Å²) < 4.78 is 6.20. The highest BCUT2D eigenvalue weighted by atomic mass is 16.5. The summed E-state index contributed by atoms with van der Waals surface area (Å²) >= 11 is 0. The molecular weight excluding hydrogens is 322 g/mol. The maximum atomic E-state index is 6.20. The molecule has 142 valence electrons. The highest BCUT2D eigenvalue weighted by molar-refractivity contribution is 5.07. The van der Waals surface area contributed by atoms with Crippen LogP contribution in [0.4, 0.5) is 0 Å². The summed E-state index contributed by atoms with van der Waals surface area (Å²) in [6, 6.07) is 4.11. The lowest BCUT2D eigenvalue weighted by Crippen LogP contribution is -2.37. The van der Waals surface area contributed by atoms with Gasteiger partial charge in [-0.25, -0.2) is 0 Å². The number of hydrogen-bond acceptors (Lipinski definition) is 4. The van der Waals surface area contributed by atoms with Crippen molar-refractivity contribution in [2.24, 2.45) is 23.2 Å². The van der Waals surface area contributed by atoms with E-state index in [4.69, 9.17) is 4.74 Å². The molecule has 3 heterocycles. The number of nitrogens with zero attached hydrogens (tertiary/aromatic N) is 3. The molecule has 2 aliphatic heterocycles. The van der Waals surface area contributed by atoms with Crippen LogP contribution in [0, 0.1) is 23.2 Å². The maximum Gasteiger partial charge on any atom is 0.0731 e. The SMILES string of the molecule is c1cncc(COC[C@H]2CN(CC3CC3)C[C@]23CCN(CC2CC2)C3)c1. The molecule has 1 spiro atoms. The molecule has 5 rings (SSSR count). The van der Waals surface area contributed by atoms with Crippen LogP contribution >= 0.6 is 0 Å². The van der Waals surface area contributed by atoms with Gasteiger partial charge in [0.2, 0.25) is 0 Å². The summed E-state index contributed by atoms with van der Waals surface area (Å²) in [4.78, 5) is 9.75. The van der Waals surface area contributed by atoms with Crippen LogP contribution < -0.4 is 0 Å². The molecule has 0 unspecified atom stereocenters. The van der Waals surface area contributed by atoms with Crippen LogP contribution in [0.15, 0.2) is 24.5 Å². The second kappa shape index (κ2) is 7.21. The molecule has 4 nitrogen and oxygen atoms in total. The molecule has 26 heavy (non-hydrogen) atoms. The number of pyridine rings is 1. The molecule has 4 heteroatoms. The highest BCUT2D eigenvalue weighted by Gasteiger charge is 2.51. The molecule has 0 radical (unpaired) electrons. The minimum Gasteiger partial charge on any atom is -0.376 e. The third-order valence-corrected chi connectivity index (χ3v) is 7.08. The molecule has 1 aromatic rings. The van der Waals surface area contributed by atoms with E-state index in [9.17, 15) is 0 Å². The van der Waals surface area contributed by atoms with Gasteiger partial charge in [-0.3, -0.25) is 4.98 Å². The van der Waals surface area contributed by atoms with E-state index in [-0.39, 0.29) is 0 Å². The molecule has 1 aromatic heterocycles. The first-order chi connectivity index (χ1) is 12.8. The van der Waals surface area contributed by atoms with Crippen LogP contribution in [0.3, 0.4) is 0 Å². The predicted molar refractivity (Wildman–Crippen MR) is 103 cm³/mol. The summed E-state index contributed by atoms with van der Waals surface area (Å²) in [5.74, 6) is 2.70. The average Bonchev–Trinajstić information content (AvgIpc) is 3.56. The normalized spacial score (nSPS) is 32.7. The minimum atomic E-state index is 0.485. The lowest BCUT2D eigenvalue weighted by atomic mass is 9.77. The number of ether oxygens (including phenoxy) is 1. The Morgan fingerprint density at radius 3 is 2.58 bits per heavy atom. The van der Waals surface area contributed by atoms with Crippen molar-refractivity contribution in [1.82, 2.24) is 14.8 Å². The van der Waals surface area contributed by atoms with Crippen molar-refractivity contribution in [3.05, 3.63) is 30.1 Å². The molecule has 2 atom stereocenters. The summed E-state index contributed by atoms with van der Waals surface area (Å²) in [6.07, 6.45) is 11.0. The van der Waals surface area contributed by atoms with E-state index >= 15 is 0 Å². The van der Waals surface area contributed by atoms with Crippen molar-refractivity contribution in [2.45, 2.75) is 38.7 Å². The molecule has 4 fully saturated rings. The van der Waals surface area contributed by atoms with Gasteiger partial charge in [-0.05, 0) is 62.1 Å². The molecule has 2 saturated heterocycles. The van der Waals surface area contributed by atoms with Crippen molar-refractivity contribution in [3.63, 3.8) is 0 Å². The monoisotopic (exact) mass is 355 g/mol. The summed E-state index contributed by atoms with van der Waals surface area (Å²) in [6.45, 7) is 9.49. The molecule has 2 saturated carbocycles. The van der Waals surface area contributed by atoms with E-state index in [0.29, 0.717) is 17.9 Å². The van der Waals surface area contributed by atoms with Gasteiger partial charge in [0.1, 0.15) is 0 Å². The van der Waals surface area contributed by atoms with E-state index in [1.807, 2.05) is 18.5 Å². The second-order valence-electron chi connectivity index (χ2n) is 9.50. The van der Waals surface area contributed by atoms with Crippen LogP contribution in [-0.4, -0.2) is 60.7 Å². The van der Waals surface area contributed by atoms with Gasteiger partial charge in [0.15, 0.2) is 0 Å². The zero-order chi connectivity index (χ0) is 17.4. The van der Waals surface area contributed by atoms with E-state index in [1.165, 1.54) is 76.9 Å². The van der Waals surface area contributed by atoms with Gasteiger partial charge in [0, 0.05) is 56.5 Å². The summed E-state index contributed by atoms with van der Waals surface area (Å²) in [7, 11) is 0. The molecule has 0 aromatic carbocycles. The van der Waals surface area contributed by atoms with Crippen LogP contribution in [0.25, 0.3) is 0 Å². The molecule has 2 aliphatic carbocycles. The molecule has 0 N–H and O–H groups in total. The Kier molecular flexibility index (Phi) is 4.76. The summed E-state index contributed by atoms with van der Waals surface area (Å²) in [5, 5.41) is 0. The number of aromatic nitrogens is 1. The summed E-state index contributed by atoms with van der Waals surface area (Å²) in [5.41, 5.74) is 1.68. The van der Waals surface area contributed by atoms with Gasteiger partial charge < -0.3 is 14.5 Å². The quantitative estimate of drug-likeness (QED) is 0.717. The third-order valence-electron chi connectivity index (χ3n) is 7.08. The van der Waals surface area contributed by atoms with Crippen molar-refractivity contribution in [2.75, 3.05) is 45.9 Å². The van der Waals surface area contributed by atoms with Gasteiger partial charge in [0.05, 0.1) is 13.2 Å². The smallest absolute Gasteiger partial charge is 0.0731 e. The first-order valence-electron chi connectivity index (χ1n) is 10.7. The van der Waals surface area contributed by atoms with Gasteiger partial charge in [-0.15, -0.1) is 0 Å². The van der Waals surface area contributed by atoms with Crippen LogP contribution in [0.2, 0.25) is 0 Å². The fourth-order valence-electron chi connectivity index (χ4n) is 5.25. The first kappa shape index (κ1) is 17.2. The van der Waals surface area contributed by atoms with Crippen molar-refractivity contribution >= 4 is 0 Å². The Hall–Kier alpha value is -0.970. The largest absolute Gasteiger partial charge is 0.376 e. The predicted octanol–water partition coefficient (Wildman–Crippen LogP) is 3.04. The van der Waals surface area contributed by atoms with Crippen molar-refractivity contribution in [1.29, 1.82) is 0 Å². The van der Waals surface area contributed by atoms with E-state index in [1.54, 1.807) is 0 Å². The van der Waals surface area contributed by atoms with Crippen molar-refractivity contribution in [3.8, 4) is 0 Å². The molecule has 0 bridgehead atoms. The lowest BCUT2D eigenvalue weighted by molar-refractivity contribution is 0.0516. The second-order valence-corrected chi connectivity index (χ2v) is 9.50. The fraction of sp³-hybridized carbons (Fsp3) is 0.773. The van der Waals surface area contributed by atoms with Crippen LogP contribution in [-0.2, 0) is 11.3 Å². The van der Waals surface area contributed by atoms with Crippen molar-refractivity contribution < 1.29 is 4.74 Å². The number of likely N-dealkylation sites (tertiary alicyclic amines) is 2. The van der Waals surface area contributed by atoms with Gasteiger partial charge >= 0.3 is 0 Å². The molecular formula is C22H33N3O. The standard InChI is InChI=1S/C22H33N3O/c1-2-20(10-23-8-1)14-26-15-21-13-25(12-19-5-6-19)17-22(21)7-9-24(16-22)11-18-3-4-18/h1-2,8,10,18-19,21H,3-7,9,11-17H2/t21-,22-/m1/s1. The van der Waals surface area contributed by atoms with Crippen LogP contribution in [0.5, 0.6) is 0 Å². The minimum absolute atomic E-state index is 0.485. The van der Waals surface area contributed by atoms with Crippen LogP contribution in [0.1, 0.15) is 37.7 Å². The van der Waals surface area contributed by atoms with E-state index < -0.39 is 0 Å². The molecule has 4 aliphatic rings. The fourth-order valence-corrected chi connectivity index (χ4v) is 5.25. The Bertz CT molecular complexity index is 597. The highest BCUT2D eigenvalue weighted by Crippen LogP contribution is 2.46. The van der Waals surface area contributed by atoms with Gasteiger partial charge in [0.25, 0.3) is 0 Å². The average molecular weight is 356 g/mol. The third kappa shape index (κ3) is 3.97. The Balaban J connectivity index is 1.20. The van der Waals surface area contributed by atoms with Gasteiger partial charge in [-0.1, -0.05) is 6.07 Å². The Morgan fingerprint density at radius 1 is 1.08 bits per heavy atom. The van der Waals surface area contributed by atoms with Gasteiger partial charge in [-0.2, -0.15) is 0 Å².